The first-order chi connectivity index (χ1) is 9.63. The molecule has 110 valence electrons. The first-order valence-electron chi connectivity index (χ1n) is 7.07. The predicted molar refractivity (Wildman–Crippen MR) is 79.6 cm³/mol. The van der Waals surface area contributed by atoms with Crippen LogP contribution in [-0.4, -0.2) is 44.1 Å². The number of hydrogen-bond acceptors (Lipinski definition) is 4. The Kier molecular flexibility index (Phi) is 5.24. The van der Waals surface area contributed by atoms with Crippen LogP contribution in [0, 0.1) is 5.92 Å². The number of nitrogens with one attached hydrogen (secondary N) is 1. The number of nitrogens with two attached hydrogens (primary N) is 1. The summed E-state index contributed by atoms with van der Waals surface area (Å²) in [6.45, 7) is 2.99. The van der Waals surface area contributed by atoms with Crippen molar-refractivity contribution >= 4 is 11.6 Å². The Morgan fingerprint density at radius 2 is 2.20 bits per heavy atom. The molecule has 1 amide bonds. The fourth-order valence-electron chi connectivity index (χ4n) is 2.46. The number of carbonyl (C=O) groups excluding carboxylic acids is 1. The molecule has 5 heteroatoms. The second-order valence-corrected chi connectivity index (χ2v) is 5.43. The van der Waals surface area contributed by atoms with Gasteiger partial charge in [0, 0.05) is 18.8 Å². The van der Waals surface area contributed by atoms with E-state index in [-0.39, 0.29) is 12.5 Å². The Morgan fingerprint density at radius 1 is 1.45 bits per heavy atom. The molecule has 0 bridgehead atoms. The average Bonchev–Trinajstić information content (AvgIpc) is 2.45. The largest absolute Gasteiger partial charge is 0.484 e. The van der Waals surface area contributed by atoms with Gasteiger partial charge in [-0.25, -0.2) is 0 Å². The third-order valence-electron chi connectivity index (χ3n) is 3.56. The lowest BCUT2D eigenvalue weighted by atomic mass is 9.98. The zero-order chi connectivity index (χ0) is 14.4. The molecule has 1 saturated heterocycles. The van der Waals surface area contributed by atoms with Crippen molar-refractivity contribution in [3.05, 3.63) is 24.3 Å². The molecular weight excluding hydrogens is 254 g/mol. The van der Waals surface area contributed by atoms with E-state index in [0.717, 1.165) is 19.6 Å². The monoisotopic (exact) mass is 277 g/mol. The van der Waals surface area contributed by atoms with E-state index < -0.39 is 0 Å². The minimum absolute atomic E-state index is 0.0481. The Labute approximate surface area is 120 Å². The number of rotatable bonds is 5. The fourth-order valence-corrected chi connectivity index (χ4v) is 2.46. The van der Waals surface area contributed by atoms with Crippen molar-refractivity contribution < 1.29 is 9.53 Å². The van der Waals surface area contributed by atoms with E-state index in [0.29, 0.717) is 17.4 Å². The molecule has 3 N–H and O–H groups in total. The van der Waals surface area contributed by atoms with Crippen molar-refractivity contribution in [3.63, 3.8) is 0 Å². The van der Waals surface area contributed by atoms with E-state index in [1.165, 1.54) is 12.8 Å². The zero-order valence-corrected chi connectivity index (χ0v) is 12.0. The van der Waals surface area contributed by atoms with Gasteiger partial charge in [0.05, 0.1) is 0 Å². The van der Waals surface area contributed by atoms with E-state index in [1.54, 1.807) is 24.3 Å². The molecule has 1 aromatic carbocycles. The standard InChI is InChI=1S/C15H23N3O2/c1-18-8-2-3-12(10-18)9-17-15(19)11-20-14-6-4-13(16)5-7-14/h4-7,12H,2-3,8-11,16H2,1H3,(H,17,19). The molecule has 1 aromatic rings. The molecule has 1 aliphatic rings. The van der Waals surface area contributed by atoms with Crippen LogP contribution >= 0.6 is 0 Å². The molecule has 20 heavy (non-hydrogen) atoms. The minimum Gasteiger partial charge on any atom is -0.484 e. The molecule has 0 aliphatic carbocycles. The molecule has 1 fully saturated rings. The van der Waals surface area contributed by atoms with Crippen LogP contribution in [0.15, 0.2) is 24.3 Å². The summed E-state index contributed by atoms with van der Waals surface area (Å²) in [4.78, 5) is 14.0. The number of anilines is 1. The SMILES string of the molecule is CN1CCCC(CNC(=O)COc2ccc(N)cc2)C1. The molecule has 0 radical (unpaired) electrons. The van der Waals surface area contributed by atoms with Crippen LogP contribution in [0.5, 0.6) is 5.75 Å². The van der Waals surface area contributed by atoms with Gasteiger partial charge in [-0.1, -0.05) is 0 Å². The summed E-state index contributed by atoms with van der Waals surface area (Å²) in [7, 11) is 2.12. The van der Waals surface area contributed by atoms with Gasteiger partial charge in [-0.15, -0.1) is 0 Å². The lowest BCUT2D eigenvalue weighted by Crippen LogP contribution is -2.40. The lowest BCUT2D eigenvalue weighted by molar-refractivity contribution is -0.123. The van der Waals surface area contributed by atoms with E-state index in [1.807, 2.05) is 0 Å². The first-order valence-corrected chi connectivity index (χ1v) is 7.07. The second-order valence-electron chi connectivity index (χ2n) is 5.43. The quantitative estimate of drug-likeness (QED) is 0.791. The molecule has 0 spiro atoms. The van der Waals surface area contributed by atoms with E-state index >= 15 is 0 Å². The number of likely N-dealkylation sites (tertiary alicyclic amines) is 1. The van der Waals surface area contributed by atoms with Gasteiger partial charge in [-0.2, -0.15) is 0 Å². The predicted octanol–water partition coefficient (Wildman–Crippen LogP) is 1.11. The molecule has 0 aromatic heterocycles. The molecule has 1 unspecified atom stereocenters. The summed E-state index contributed by atoms with van der Waals surface area (Å²) in [5.74, 6) is 1.14. The summed E-state index contributed by atoms with van der Waals surface area (Å²) >= 11 is 0. The highest BCUT2D eigenvalue weighted by Gasteiger charge is 2.17. The minimum atomic E-state index is -0.0740. The van der Waals surface area contributed by atoms with Crippen molar-refractivity contribution in [1.82, 2.24) is 10.2 Å². The first kappa shape index (κ1) is 14.7. The zero-order valence-electron chi connectivity index (χ0n) is 12.0. The van der Waals surface area contributed by atoms with Gasteiger partial charge in [-0.3, -0.25) is 4.79 Å². The molecule has 1 aliphatic heterocycles. The van der Waals surface area contributed by atoms with Crippen LogP contribution in [-0.2, 0) is 4.79 Å². The normalized spacial score (nSPS) is 19.6. The molecule has 1 atom stereocenters. The van der Waals surface area contributed by atoms with Gasteiger partial charge in [0.1, 0.15) is 5.75 Å². The number of ether oxygens (including phenoxy) is 1. The van der Waals surface area contributed by atoms with Crippen molar-refractivity contribution in [2.45, 2.75) is 12.8 Å². The molecule has 1 heterocycles. The number of benzene rings is 1. The summed E-state index contributed by atoms with van der Waals surface area (Å²) in [6, 6.07) is 7.04. The van der Waals surface area contributed by atoms with E-state index in [9.17, 15) is 4.79 Å². The third kappa shape index (κ3) is 4.74. The number of hydrogen-bond donors (Lipinski definition) is 2. The Bertz CT molecular complexity index is 433. The van der Waals surface area contributed by atoms with Crippen LogP contribution < -0.4 is 15.8 Å². The van der Waals surface area contributed by atoms with Crippen molar-refractivity contribution in [2.75, 3.05) is 39.0 Å². The van der Waals surface area contributed by atoms with Gasteiger partial charge in [0.25, 0.3) is 5.91 Å². The van der Waals surface area contributed by atoms with Gasteiger partial charge in [-0.05, 0) is 56.6 Å². The molecular formula is C15H23N3O2. The number of nitrogen functional groups attached to an aromatic ring is 1. The maximum atomic E-state index is 11.7. The number of amides is 1. The smallest absolute Gasteiger partial charge is 0.257 e. The molecule has 5 nitrogen and oxygen atoms in total. The highest BCUT2D eigenvalue weighted by molar-refractivity contribution is 5.77. The van der Waals surface area contributed by atoms with Gasteiger partial charge in [0.2, 0.25) is 0 Å². The highest BCUT2D eigenvalue weighted by atomic mass is 16.5. The Hall–Kier alpha value is -1.75. The summed E-state index contributed by atoms with van der Waals surface area (Å²) in [5, 5.41) is 2.94. The second kappa shape index (κ2) is 7.14. The maximum Gasteiger partial charge on any atom is 0.257 e. The third-order valence-corrected chi connectivity index (χ3v) is 3.56. The van der Waals surface area contributed by atoms with Crippen LogP contribution in [0.2, 0.25) is 0 Å². The summed E-state index contributed by atoms with van der Waals surface area (Å²) < 4.78 is 5.41. The van der Waals surface area contributed by atoms with Gasteiger partial charge < -0.3 is 20.7 Å². The molecule has 2 rings (SSSR count). The summed E-state index contributed by atoms with van der Waals surface area (Å²) in [6.07, 6.45) is 2.39. The average molecular weight is 277 g/mol. The van der Waals surface area contributed by atoms with Gasteiger partial charge in [0.15, 0.2) is 6.61 Å². The number of carbonyl (C=O) groups is 1. The van der Waals surface area contributed by atoms with Crippen molar-refractivity contribution in [2.24, 2.45) is 5.92 Å². The van der Waals surface area contributed by atoms with Crippen LogP contribution in [0.4, 0.5) is 5.69 Å². The maximum absolute atomic E-state index is 11.7. The Morgan fingerprint density at radius 3 is 2.90 bits per heavy atom. The highest BCUT2D eigenvalue weighted by Crippen LogP contribution is 2.14. The lowest BCUT2D eigenvalue weighted by Gasteiger charge is -2.29. The topological polar surface area (TPSA) is 67.6 Å². The summed E-state index contributed by atoms with van der Waals surface area (Å²) in [5.41, 5.74) is 6.27. The van der Waals surface area contributed by atoms with Crippen molar-refractivity contribution in [1.29, 1.82) is 0 Å². The van der Waals surface area contributed by atoms with Crippen LogP contribution in [0.25, 0.3) is 0 Å². The molecule has 0 saturated carbocycles. The Balaban J connectivity index is 1.66. The van der Waals surface area contributed by atoms with Crippen LogP contribution in [0.1, 0.15) is 12.8 Å². The fraction of sp³-hybridized carbons (Fsp3) is 0.533. The number of nitrogens with zero attached hydrogens (tertiary/aromatic N) is 1. The number of piperidine rings is 1. The van der Waals surface area contributed by atoms with Crippen molar-refractivity contribution in [3.8, 4) is 5.75 Å². The van der Waals surface area contributed by atoms with E-state index in [2.05, 4.69) is 17.3 Å². The van der Waals surface area contributed by atoms with Gasteiger partial charge >= 0.3 is 0 Å². The van der Waals surface area contributed by atoms with Crippen LogP contribution in [0.3, 0.4) is 0 Å². The van der Waals surface area contributed by atoms with E-state index in [4.69, 9.17) is 10.5 Å².